The lowest BCUT2D eigenvalue weighted by Gasteiger charge is -2.04. The van der Waals surface area contributed by atoms with Gasteiger partial charge in [-0.25, -0.2) is 5.43 Å². The highest BCUT2D eigenvalue weighted by molar-refractivity contribution is 6.35. The third kappa shape index (κ3) is 5.54. The molecule has 0 aromatic heterocycles. The van der Waals surface area contributed by atoms with Crippen molar-refractivity contribution >= 4 is 23.7 Å². The highest BCUT2D eigenvalue weighted by atomic mass is 16.6. The predicted octanol–water partition coefficient (Wildman–Crippen LogP) is 1.67. The van der Waals surface area contributed by atoms with Gasteiger partial charge in [0.05, 0.1) is 11.1 Å². The Bertz CT molecular complexity index is 816. The summed E-state index contributed by atoms with van der Waals surface area (Å²) in [6, 6.07) is 13.2. The number of hydrazone groups is 1. The molecule has 0 aliphatic carbocycles. The zero-order chi connectivity index (χ0) is 18.2. The number of benzene rings is 2. The molecule has 2 N–H and O–H groups in total. The maximum atomic E-state index is 11.7. The Morgan fingerprint density at radius 2 is 1.88 bits per heavy atom. The molecular formula is C17H16N4O4. The smallest absolute Gasteiger partial charge is 0.329 e. The van der Waals surface area contributed by atoms with Crippen molar-refractivity contribution in [3.8, 4) is 0 Å². The molecule has 0 saturated carbocycles. The van der Waals surface area contributed by atoms with Crippen molar-refractivity contribution in [2.75, 3.05) is 0 Å². The van der Waals surface area contributed by atoms with Crippen LogP contribution in [0.5, 0.6) is 0 Å². The summed E-state index contributed by atoms with van der Waals surface area (Å²) in [4.78, 5) is 33.5. The van der Waals surface area contributed by atoms with Crippen molar-refractivity contribution in [2.45, 2.75) is 13.5 Å². The first-order chi connectivity index (χ1) is 12.0. The van der Waals surface area contributed by atoms with E-state index in [0.717, 1.165) is 11.1 Å². The van der Waals surface area contributed by atoms with E-state index in [-0.39, 0.29) is 12.2 Å². The number of nitro benzene ring substituents is 1. The summed E-state index contributed by atoms with van der Waals surface area (Å²) < 4.78 is 0. The lowest BCUT2D eigenvalue weighted by atomic mass is 10.1. The van der Waals surface area contributed by atoms with Gasteiger partial charge in [-0.3, -0.25) is 19.7 Å². The predicted molar refractivity (Wildman–Crippen MR) is 91.9 cm³/mol. The molecule has 2 aromatic rings. The van der Waals surface area contributed by atoms with E-state index in [9.17, 15) is 19.7 Å². The Morgan fingerprint density at radius 3 is 2.56 bits per heavy atom. The van der Waals surface area contributed by atoms with Crippen LogP contribution >= 0.6 is 0 Å². The molecule has 2 amide bonds. The number of nitrogens with zero attached hydrogens (tertiary/aromatic N) is 2. The molecule has 0 aliphatic rings. The molecule has 0 heterocycles. The summed E-state index contributed by atoms with van der Waals surface area (Å²) in [7, 11) is 0. The van der Waals surface area contributed by atoms with Crippen LogP contribution in [0.15, 0.2) is 53.6 Å². The van der Waals surface area contributed by atoms with Gasteiger partial charge in [-0.1, -0.05) is 42.0 Å². The maximum Gasteiger partial charge on any atom is 0.329 e. The Labute approximate surface area is 143 Å². The minimum absolute atomic E-state index is 0.0916. The molecule has 8 nitrogen and oxygen atoms in total. The number of carbonyl (C=O) groups is 2. The average Bonchev–Trinajstić information content (AvgIpc) is 2.61. The van der Waals surface area contributed by atoms with E-state index in [1.54, 1.807) is 6.07 Å². The molecule has 0 bridgehead atoms. The van der Waals surface area contributed by atoms with Crippen LogP contribution in [0.4, 0.5) is 5.69 Å². The molecule has 128 valence electrons. The molecule has 0 fully saturated rings. The Kier molecular flexibility index (Phi) is 5.94. The van der Waals surface area contributed by atoms with Gasteiger partial charge in [-0.05, 0) is 12.5 Å². The van der Waals surface area contributed by atoms with E-state index in [4.69, 9.17) is 0 Å². The molecule has 0 spiro atoms. The van der Waals surface area contributed by atoms with Gasteiger partial charge in [0.15, 0.2) is 0 Å². The van der Waals surface area contributed by atoms with Gasteiger partial charge >= 0.3 is 11.8 Å². The number of aryl methyl sites for hydroxylation is 1. The number of rotatable bonds is 5. The third-order valence-corrected chi connectivity index (χ3v) is 3.24. The number of nitrogens with one attached hydrogen (secondary N) is 2. The Morgan fingerprint density at radius 1 is 1.16 bits per heavy atom. The van der Waals surface area contributed by atoms with Gasteiger partial charge < -0.3 is 5.32 Å². The minimum Gasteiger partial charge on any atom is -0.344 e. The van der Waals surface area contributed by atoms with Crippen molar-refractivity contribution in [3.63, 3.8) is 0 Å². The second-order valence-corrected chi connectivity index (χ2v) is 5.22. The number of amides is 2. The van der Waals surface area contributed by atoms with Gasteiger partial charge in [0.1, 0.15) is 0 Å². The van der Waals surface area contributed by atoms with E-state index >= 15 is 0 Å². The summed E-state index contributed by atoms with van der Waals surface area (Å²) in [5.74, 6) is -1.74. The number of non-ortho nitro benzene ring substituents is 1. The molecule has 8 heteroatoms. The Hall–Kier alpha value is -3.55. The number of hydrogen-bond donors (Lipinski definition) is 2. The first-order valence-electron chi connectivity index (χ1n) is 7.37. The van der Waals surface area contributed by atoms with E-state index in [0.29, 0.717) is 5.56 Å². The van der Waals surface area contributed by atoms with Crippen molar-refractivity contribution in [3.05, 3.63) is 75.3 Å². The molecule has 2 rings (SSSR count). The van der Waals surface area contributed by atoms with Gasteiger partial charge in [-0.2, -0.15) is 5.10 Å². The first kappa shape index (κ1) is 17.8. The topological polar surface area (TPSA) is 114 Å². The second kappa shape index (κ2) is 8.34. The Balaban J connectivity index is 1.84. The van der Waals surface area contributed by atoms with Crippen LogP contribution in [-0.2, 0) is 16.1 Å². The molecule has 0 atom stereocenters. The summed E-state index contributed by atoms with van der Waals surface area (Å²) in [5, 5.41) is 16.8. The fourth-order valence-electron chi connectivity index (χ4n) is 1.90. The van der Waals surface area contributed by atoms with Crippen LogP contribution in [-0.4, -0.2) is 23.0 Å². The van der Waals surface area contributed by atoms with Crippen LogP contribution < -0.4 is 10.7 Å². The highest BCUT2D eigenvalue weighted by Crippen LogP contribution is 2.11. The number of hydrogen-bond acceptors (Lipinski definition) is 5. The van der Waals surface area contributed by atoms with E-state index in [1.165, 1.54) is 24.4 Å². The monoisotopic (exact) mass is 340 g/mol. The molecular weight excluding hydrogens is 324 g/mol. The summed E-state index contributed by atoms with van der Waals surface area (Å²) >= 11 is 0. The fraction of sp³-hybridized carbons (Fsp3) is 0.118. The SMILES string of the molecule is Cc1ccc(CNC(=O)C(=O)N/N=C\c2cccc([N+](=O)[O-])c2)cc1. The lowest BCUT2D eigenvalue weighted by molar-refractivity contribution is -0.384. The van der Waals surface area contributed by atoms with E-state index in [2.05, 4.69) is 15.8 Å². The zero-order valence-electron chi connectivity index (χ0n) is 13.4. The van der Waals surface area contributed by atoms with E-state index in [1.807, 2.05) is 31.2 Å². The largest absolute Gasteiger partial charge is 0.344 e. The normalized spacial score (nSPS) is 10.4. The number of carbonyl (C=O) groups excluding carboxylic acids is 2. The molecule has 2 aromatic carbocycles. The summed E-state index contributed by atoms with van der Waals surface area (Å²) in [6.07, 6.45) is 1.22. The van der Waals surface area contributed by atoms with Crippen LogP contribution in [0.25, 0.3) is 0 Å². The van der Waals surface area contributed by atoms with Gasteiger partial charge in [0, 0.05) is 24.2 Å². The molecule has 0 saturated heterocycles. The molecule has 0 aliphatic heterocycles. The summed E-state index contributed by atoms with van der Waals surface area (Å²) in [5.41, 5.74) is 4.38. The van der Waals surface area contributed by atoms with Crippen LogP contribution in [0.1, 0.15) is 16.7 Å². The average molecular weight is 340 g/mol. The zero-order valence-corrected chi connectivity index (χ0v) is 13.4. The van der Waals surface area contributed by atoms with Crippen molar-refractivity contribution in [2.24, 2.45) is 5.10 Å². The molecule has 0 radical (unpaired) electrons. The first-order valence-corrected chi connectivity index (χ1v) is 7.37. The quantitative estimate of drug-likeness (QED) is 0.373. The summed E-state index contributed by atoms with van der Waals surface area (Å²) in [6.45, 7) is 2.18. The standard InChI is InChI=1S/C17H16N4O4/c1-12-5-7-13(8-6-12)10-18-16(22)17(23)20-19-11-14-3-2-4-15(9-14)21(24)25/h2-9,11H,10H2,1H3,(H,18,22)(H,20,23)/b19-11-. The van der Waals surface area contributed by atoms with Crippen LogP contribution in [0.2, 0.25) is 0 Å². The lowest BCUT2D eigenvalue weighted by Crippen LogP contribution is -2.37. The van der Waals surface area contributed by atoms with Crippen LogP contribution in [0, 0.1) is 17.0 Å². The van der Waals surface area contributed by atoms with Crippen molar-refractivity contribution in [1.82, 2.24) is 10.7 Å². The van der Waals surface area contributed by atoms with Crippen molar-refractivity contribution in [1.29, 1.82) is 0 Å². The second-order valence-electron chi connectivity index (χ2n) is 5.22. The molecule has 25 heavy (non-hydrogen) atoms. The van der Waals surface area contributed by atoms with E-state index < -0.39 is 16.7 Å². The third-order valence-electron chi connectivity index (χ3n) is 3.24. The van der Waals surface area contributed by atoms with Crippen molar-refractivity contribution < 1.29 is 14.5 Å². The van der Waals surface area contributed by atoms with Crippen LogP contribution in [0.3, 0.4) is 0 Å². The highest BCUT2D eigenvalue weighted by Gasteiger charge is 2.12. The molecule has 0 unspecified atom stereocenters. The number of nitro groups is 1. The van der Waals surface area contributed by atoms with Gasteiger partial charge in [0.2, 0.25) is 0 Å². The minimum atomic E-state index is -0.922. The van der Waals surface area contributed by atoms with Gasteiger partial charge in [-0.15, -0.1) is 0 Å². The maximum absolute atomic E-state index is 11.7. The van der Waals surface area contributed by atoms with Gasteiger partial charge in [0.25, 0.3) is 5.69 Å². The fourth-order valence-corrected chi connectivity index (χ4v) is 1.90.